The predicted octanol–water partition coefficient (Wildman–Crippen LogP) is 0.910. The fourth-order valence-electron chi connectivity index (χ4n) is 2.82. The summed E-state index contributed by atoms with van der Waals surface area (Å²) in [6, 6.07) is 2.38. The minimum absolute atomic E-state index is 0.196. The van der Waals surface area contributed by atoms with Crippen molar-refractivity contribution in [3.05, 3.63) is 6.07 Å². The van der Waals surface area contributed by atoms with E-state index in [1.807, 2.05) is 6.07 Å². The molecule has 110 valence electrons. The van der Waals surface area contributed by atoms with Crippen LogP contribution in [-0.4, -0.2) is 35.6 Å². The second kappa shape index (κ2) is 4.48. The quantitative estimate of drug-likeness (QED) is 0.760. The molecule has 6 nitrogen and oxygen atoms in total. The van der Waals surface area contributed by atoms with Crippen LogP contribution in [0.2, 0.25) is 0 Å². The lowest BCUT2D eigenvalue weighted by atomic mass is 9.97. The van der Waals surface area contributed by atoms with E-state index < -0.39 is 0 Å². The smallest absolute Gasteiger partial charge is 0.223 e. The highest BCUT2D eigenvalue weighted by Gasteiger charge is 2.53. The zero-order valence-corrected chi connectivity index (χ0v) is 12.4. The Labute approximate surface area is 119 Å². The molecule has 3 atom stereocenters. The van der Waals surface area contributed by atoms with Gasteiger partial charge in [-0.25, -0.2) is 0 Å². The third kappa shape index (κ3) is 2.65. The molecular formula is C14H24N6. The number of hydrogen-bond acceptors (Lipinski definition) is 6. The van der Waals surface area contributed by atoms with Crippen LogP contribution >= 0.6 is 0 Å². The molecule has 1 aliphatic heterocycles. The Bertz CT molecular complexity index is 497. The first-order valence-electron chi connectivity index (χ1n) is 7.22. The molecule has 2 aliphatic rings. The lowest BCUT2D eigenvalue weighted by Crippen LogP contribution is -2.29. The van der Waals surface area contributed by atoms with Crippen LogP contribution in [0.3, 0.4) is 0 Å². The zero-order valence-electron chi connectivity index (χ0n) is 12.4. The molecule has 1 saturated carbocycles. The molecule has 0 bridgehead atoms. The van der Waals surface area contributed by atoms with Crippen molar-refractivity contribution < 1.29 is 0 Å². The maximum atomic E-state index is 5.97. The minimum atomic E-state index is 0.196. The van der Waals surface area contributed by atoms with Gasteiger partial charge in [-0.15, -0.1) is 0 Å². The molecule has 0 unspecified atom stereocenters. The van der Waals surface area contributed by atoms with E-state index in [9.17, 15) is 0 Å². The van der Waals surface area contributed by atoms with E-state index >= 15 is 0 Å². The van der Waals surface area contributed by atoms with Gasteiger partial charge >= 0.3 is 0 Å². The van der Waals surface area contributed by atoms with Gasteiger partial charge in [0.15, 0.2) is 0 Å². The van der Waals surface area contributed by atoms with Gasteiger partial charge in [0.2, 0.25) is 5.95 Å². The molecule has 0 radical (unpaired) electrons. The minimum Gasteiger partial charge on any atom is -0.369 e. The summed E-state index contributed by atoms with van der Waals surface area (Å²) in [7, 11) is 0. The summed E-state index contributed by atoms with van der Waals surface area (Å²) in [6.07, 6.45) is 0. The van der Waals surface area contributed by atoms with Crippen molar-refractivity contribution in [1.82, 2.24) is 9.97 Å². The first kappa shape index (κ1) is 13.4. The fraction of sp³-hybridized carbons (Fsp3) is 0.714. The number of nitrogen functional groups attached to an aromatic ring is 1. The van der Waals surface area contributed by atoms with Gasteiger partial charge in [0.1, 0.15) is 11.6 Å². The average Bonchev–Trinajstić information content (AvgIpc) is 2.78. The summed E-state index contributed by atoms with van der Waals surface area (Å²) in [5.74, 6) is 3.30. The van der Waals surface area contributed by atoms with Crippen molar-refractivity contribution >= 4 is 17.6 Å². The Morgan fingerprint density at radius 1 is 1.30 bits per heavy atom. The summed E-state index contributed by atoms with van der Waals surface area (Å²) >= 11 is 0. The highest BCUT2D eigenvalue weighted by molar-refractivity contribution is 5.54. The van der Waals surface area contributed by atoms with Crippen LogP contribution in [-0.2, 0) is 0 Å². The number of anilines is 3. The van der Waals surface area contributed by atoms with Gasteiger partial charge in [-0.2, -0.15) is 9.97 Å². The largest absolute Gasteiger partial charge is 0.369 e. The molecule has 5 N–H and O–H groups in total. The van der Waals surface area contributed by atoms with Crippen molar-refractivity contribution in [2.75, 3.05) is 35.6 Å². The Balaban J connectivity index is 1.71. The van der Waals surface area contributed by atoms with E-state index in [4.69, 9.17) is 11.5 Å². The number of aromatic nitrogens is 2. The molecule has 3 rings (SSSR count). The number of nitrogens with zero attached hydrogens (tertiary/aromatic N) is 3. The normalized spacial score (nSPS) is 28.4. The summed E-state index contributed by atoms with van der Waals surface area (Å²) < 4.78 is 0. The predicted molar refractivity (Wildman–Crippen MR) is 81.6 cm³/mol. The number of fused-ring (bicyclic) bond motifs is 1. The van der Waals surface area contributed by atoms with Crippen molar-refractivity contribution in [3.63, 3.8) is 0 Å². The number of nitrogens with one attached hydrogen (secondary N) is 1. The van der Waals surface area contributed by atoms with Crippen LogP contribution < -0.4 is 21.7 Å². The molecule has 2 fully saturated rings. The SMILES string of the molecule is CC(C)(C)CNc1cc(N2C[C@@H]3[C@H](N)[C@@H]3C2)nc(N)n1. The molecule has 1 aromatic rings. The Hall–Kier alpha value is -1.56. The van der Waals surface area contributed by atoms with Crippen LogP contribution in [0, 0.1) is 17.3 Å². The molecule has 6 heteroatoms. The van der Waals surface area contributed by atoms with Gasteiger partial charge in [0.25, 0.3) is 0 Å². The average molecular weight is 276 g/mol. The molecule has 1 saturated heterocycles. The molecule has 20 heavy (non-hydrogen) atoms. The van der Waals surface area contributed by atoms with E-state index in [0.717, 1.165) is 31.3 Å². The molecule has 2 heterocycles. The lowest BCUT2D eigenvalue weighted by molar-refractivity contribution is 0.442. The molecular weight excluding hydrogens is 252 g/mol. The number of nitrogens with two attached hydrogens (primary N) is 2. The van der Waals surface area contributed by atoms with Crippen LogP contribution in [0.4, 0.5) is 17.6 Å². The second-order valence-corrected chi connectivity index (χ2v) is 7.19. The van der Waals surface area contributed by atoms with Crippen molar-refractivity contribution in [2.45, 2.75) is 26.8 Å². The van der Waals surface area contributed by atoms with Gasteiger partial charge in [0, 0.05) is 31.7 Å². The molecule has 1 aliphatic carbocycles. The van der Waals surface area contributed by atoms with Crippen molar-refractivity contribution in [1.29, 1.82) is 0 Å². The maximum Gasteiger partial charge on any atom is 0.223 e. The summed E-state index contributed by atoms with van der Waals surface area (Å²) in [5.41, 5.74) is 12.0. The van der Waals surface area contributed by atoms with Gasteiger partial charge in [-0.1, -0.05) is 20.8 Å². The highest BCUT2D eigenvalue weighted by atomic mass is 15.3. The Morgan fingerprint density at radius 2 is 1.95 bits per heavy atom. The van der Waals surface area contributed by atoms with Crippen LogP contribution in [0.5, 0.6) is 0 Å². The van der Waals surface area contributed by atoms with Crippen LogP contribution in [0.1, 0.15) is 20.8 Å². The van der Waals surface area contributed by atoms with Crippen molar-refractivity contribution in [2.24, 2.45) is 23.0 Å². The standard InChI is InChI=1S/C14H24N6/c1-14(2,3)7-17-10-4-11(19-13(16)18-10)20-5-8-9(6-20)12(8)15/h4,8-9,12H,5-7,15H2,1-3H3,(H3,16,17,18,19)/t8-,9+,12-. The van der Waals surface area contributed by atoms with E-state index in [-0.39, 0.29) is 5.41 Å². The monoisotopic (exact) mass is 276 g/mol. The van der Waals surface area contributed by atoms with Crippen molar-refractivity contribution in [3.8, 4) is 0 Å². The summed E-state index contributed by atoms with van der Waals surface area (Å²) in [4.78, 5) is 10.9. The Kier molecular flexibility index (Phi) is 3.01. The third-order valence-corrected chi connectivity index (χ3v) is 4.11. The molecule has 0 aromatic carbocycles. The molecule has 0 amide bonds. The third-order valence-electron chi connectivity index (χ3n) is 4.11. The van der Waals surface area contributed by atoms with Crippen LogP contribution in [0.15, 0.2) is 6.07 Å². The first-order valence-corrected chi connectivity index (χ1v) is 7.22. The lowest BCUT2D eigenvalue weighted by Gasteiger charge is -2.22. The van der Waals surface area contributed by atoms with E-state index in [1.165, 1.54) is 0 Å². The van der Waals surface area contributed by atoms with E-state index in [0.29, 0.717) is 23.8 Å². The first-order chi connectivity index (χ1) is 9.33. The van der Waals surface area contributed by atoms with Crippen LogP contribution in [0.25, 0.3) is 0 Å². The van der Waals surface area contributed by atoms with Gasteiger partial charge in [-0.05, 0) is 17.3 Å². The number of rotatable bonds is 3. The van der Waals surface area contributed by atoms with E-state index in [2.05, 4.69) is 41.0 Å². The van der Waals surface area contributed by atoms with E-state index in [1.54, 1.807) is 0 Å². The van der Waals surface area contributed by atoms with Gasteiger partial charge in [0.05, 0.1) is 0 Å². The van der Waals surface area contributed by atoms with Gasteiger partial charge in [-0.3, -0.25) is 0 Å². The summed E-state index contributed by atoms with van der Waals surface area (Å²) in [6.45, 7) is 9.36. The fourth-order valence-corrected chi connectivity index (χ4v) is 2.82. The zero-order chi connectivity index (χ0) is 14.5. The Morgan fingerprint density at radius 3 is 2.55 bits per heavy atom. The van der Waals surface area contributed by atoms with Gasteiger partial charge < -0.3 is 21.7 Å². The number of hydrogen-bond donors (Lipinski definition) is 3. The maximum absolute atomic E-state index is 5.97. The topological polar surface area (TPSA) is 93.1 Å². The molecule has 1 aromatic heterocycles. The summed E-state index contributed by atoms with van der Waals surface area (Å²) in [5, 5.41) is 3.34. The number of piperidine rings is 1. The highest BCUT2D eigenvalue weighted by Crippen LogP contribution is 2.45. The second-order valence-electron chi connectivity index (χ2n) is 7.19. The molecule has 0 spiro atoms.